The molecule has 0 saturated heterocycles. The number of aliphatic imine (C=N–C) groups is 1. The van der Waals surface area contributed by atoms with Gasteiger partial charge < -0.3 is 10.2 Å². The van der Waals surface area contributed by atoms with E-state index in [4.69, 9.17) is 5.11 Å². The van der Waals surface area contributed by atoms with Gasteiger partial charge in [0.05, 0.1) is 10.6 Å². The standard InChI is InChI=1S/C13H10N2O4/c16-11-4-2-10(3-5-11)14-8-9-1-6-13(17)12(7-9)15(18)19/h1-8,16-17H. The molecule has 0 spiro atoms. The van der Waals surface area contributed by atoms with Gasteiger partial charge in [-0.3, -0.25) is 15.1 Å². The number of aromatic hydroxyl groups is 2. The van der Waals surface area contributed by atoms with Crippen molar-refractivity contribution in [3.63, 3.8) is 0 Å². The second-order valence-corrected chi connectivity index (χ2v) is 3.78. The predicted molar refractivity (Wildman–Crippen MR) is 70.1 cm³/mol. The summed E-state index contributed by atoms with van der Waals surface area (Å²) in [7, 11) is 0. The van der Waals surface area contributed by atoms with E-state index in [0.717, 1.165) is 0 Å². The average Bonchev–Trinajstić information content (AvgIpc) is 2.39. The summed E-state index contributed by atoms with van der Waals surface area (Å²) in [5, 5.41) is 29.1. The minimum absolute atomic E-state index is 0.138. The van der Waals surface area contributed by atoms with Crippen LogP contribution in [-0.2, 0) is 0 Å². The Kier molecular flexibility index (Phi) is 3.42. The third kappa shape index (κ3) is 3.06. The molecule has 2 aromatic carbocycles. The molecular weight excluding hydrogens is 248 g/mol. The van der Waals surface area contributed by atoms with Gasteiger partial charge in [0.1, 0.15) is 5.75 Å². The van der Waals surface area contributed by atoms with E-state index in [2.05, 4.69) is 4.99 Å². The first-order chi connectivity index (χ1) is 9.06. The van der Waals surface area contributed by atoms with Gasteiger partial charge in [0.25, 0.3) is 0 Å². The Hall–Kier alpha value is -2.89. The zero-order valence-electron chi connectivity index (χ0n) is 9.72. The lowest BCUT2D eigenvalue weighted by molar-refractivity contribution is -0.385. The Bertz CT molecular complexity index is 636. The van der Waals surface area contributed by atoms with E-state index < -0.39 is 4.92 Å². The first kappa shape index (κ1) is 12.6. The van der Waals surface area contributed by atoms with E-state index >= 15 is 0 Å². The number of benzene rings is 2. The second-order valence-electron chi connectivity index (χ2n) is 3.78. The van der Waals surface area contributed by atoms with Crippen molar-refractivity contribution in [2.45, 2.75) is 0 Å². The van der Waals surface area contributed by atoms with Gasteiger partial charge in [-0.05, 0) is 42.0 Å². The summed E-state index contributed by atoms with van der Waals surface area (Å²) in [6.07, 6.45) is 1.44. The lowest BCUT2D eigenvalue weighted by Gasteiger charge is -1.98. The summed E-state index contributed by atoms with van der Waals surface area (Å²) in [5.41, 5.74) is 0.737. The highest BCUT2D eigenvalue weighted by Gasteiger charge is 2.12. The smallest absolute Gasteiger partial charge is 0.311 e. The summed E-state index contributed by atoms with van der Waals surface area (Å²) in [6.45, 7) is 0. The van der Waals surface area contributed by atoms with Crippen LogP contribution >= 0.6 is 0 Å². The van der Waals surface area contributed by atoms with Crippen LogP contribution in [0.5, 0.6) is 11.5 Å². The molecule has 0 atom stereocenters. The summed E-state index contributed by atoms with van der Waals surface area (Å²) >= 11 is 0. The molecule has 0 radical (unpaired) electrons. The van der Waals surface area contributed by atoms with Gasteiger partial charge in [-0.2, -0.15) is 0 Å². The first-order valence-corrected chi connectivity index (χ1v) is 5.37. The maximum absolute atomic E-state index is 10.7. The second kappa shape index (κ2) is 5.18. The van der Waals surface area contributed by atoms with Crippen LogP contribution in [-0.4, -0.2) is 21.4 Å². The van der Waals surface area contributed by atoms with Crippen molar-refractivity contribution in [3.8, 4) is 11.5 Å². The molecule has 0 aromatic heterocycles. The van der Waals surface area contributed by atoms with Crippen LogP contribution in [0.1, 0.15) is 5.56 Å². The SMILES string of the molecule is O=[N+]([O-])c1cc(C=Nc2ccc(O)cc2)ccc1O. The zero-order chi connectivity index (χ0) is 13.8. The Morgan fingerprint density at radius 3 is 2.42 bits per heavy atom. The molecule has 2 N–H and O–H groups in total. The molecule has 0 amide bonds. The Balaban J connectivity index is 2.26. The van der Waals surface area contributed by atoms with E-state index in [0.29, 0.717) is 11.3 Å². The van der Waals surface area contributed by atoms with E-state index in [1.54, 1.807) is 12.1 Å². The van der Waals surface area contributed by atoms with Gasteiger partial charge in [0.15, 0.2) is 5.75 Å². The molecule has 0 aliphatic rings. The number of hydrogen-bond donors (Lipinski definition) is 2. The minimum Gasteiger partial charge on any atom is -0.508 e. The molecule has 6 heteroatoms. The monoisotopic (exact) mass is 258 g/mol. The highest BCUT2D eigenvalue weighted by Crippen LogP contribution is 2.26. The number of rotatable bonds is 3. The first-order valence-electron chi connectivity index (χ1n) is 5.37. The van der Waals surface area contributed by atoms with Crippen molar-refractivity contribution in [1.29, 1.82) is 0 Å². The van der Waals surface area contributed by atoms with Crippen molar-refractivity contribution in [1.82, 2.24) is 0 Å². The maximum atomic E-state index is 10.7. The summed E-state index contributed by atoms with van der Waals surface area (Å²) in [4.78, 5) is 14.1. The van der Waals surface area contributed by atoms with Gasteiger partial charge >= 0.3 is 5.69 Å². The van der Waals surface area contributed by atoms with Crippen molar-refractivity contribution in [2.75, 3.05) is 0 Å². The van der Waals surface area contributed by atoms with E-state index in [1.807, 2.05) is 0 Å². The van der Waals surface area contributed by atoms with Crippen LogP contribution < -0.4 is 0 Å². The largest absolute Gasteiger partial charge is 0.508 e. The van der Waals surface area contributed by atoms with Crippen molar-refractivity contribution in [2.24, 2.45) is 4.99 Å². The normalized spacial score (nSPS) is 10.7. The van der Waals surface area contributed by atoms with Crippen LogP contribution in [0.25, 0.3) is 0 Å². The molecular formula is C13H10N2O4. The average molecular weight is 258 g/mol. The topological polar surface area (TPSA) is 96.0 Å². The molecule has 0 saturated carbocycles. The Morgan fingerprint density at radius 2 is 1.79 bits per heavy atom. The number of phenolic OH excluding ortho intramolecular Hbond substituents is 2. The summed E-state index contributed by atoms with van der Waals surface area (Å²) < 4.78 is 0. The molecule has 19 heavy (non-hydrogen) atoms. The van der Waals surface area contributed by atoms with Crippen molar-refractivity contribution in [3.05, 3.63) is 58.1 Å². The molecule has 2 aromatic rings. The summed E-state index contributed by atoms with van der Waals surface area (Å²) in [6, 6.07) is 10.2. The third-order valence-corrected chi connectivity index (χ3v) is 2.41. The van der Waals surface area contributed by atoms with Crippen LogP contribution in [0.3, 0.4) is 0 Å². The van der Waals surface area contributed by atoms with Crippen LogP contribution in [0.4, 0.5) is 11.4 Å². The molecule has 96 valence electrons. The quantitative estimate of drug-likeness (QED) is 0.502. The van der Waals surface area contributed by atoms with Crippen LogP contribution in [0.15, 0.2) is 47.5 Å². The molecule has 0 aliphatic carbocycles. The number of nitrogens with zero attached hydrogens (tertiary/aromatic N) is 2. The molecule has 0 unspecified atom stereocenters. The van der Waals surface area contributed by atoms with E-state index in [9.17, 15) is 15.2 Å². The van der Waals surface area contributed by atoms with Gasteiger partial charge in [-0.1, -0.05) is 0 Å². The fraction of sp³-hybridized carbons (Fsp3) is 0. The van der Waals surface area contributed by atoms with Gasteiger partial charge in [0, 0.05) is 12.3 Å². The lowest BCUT2D eigenvalue weighted by atomic mass is 10.2. The Morgan fingerprint density at radius 1 is 1.11 bits per heavy atom. The number of nitro groups is 1. The fourth-order valence-corrected chi connectivity index (χ4v) is 1.45. The molecule has 0 aliphatic heterocycles. The molecule has 0 fully saturated rings. The highest BCUT2D eigenvalue weighted by molar-refractivity contribution is 5.83. The van der Waals surface area contributed by atoms with Crippen LogP contribution in [0, 0.1) is 10.1 Å². The van der Waals surface area contributed by atoms with Crippen molar-refractivity contribution >= 4 is 17.6 Å². The molecule has 0 bridgehead atoms. The maximum Gasteiger partial charge on any atom is 0.311 e. The third-order valence-electron chi connectivity index (χ3n) is 2.41. The number of nitro benzene ring substituents is 1. The predicted octanol–water partition coefficient (Wildman–Crippen LogP) is 2.76. The minimum atomic E-state index is -0.659. The number of phenols is 2. The Labute approximate surface area is 108 Å². The van der Waals surface area contributed by atoms with Crippen LogP contribution in [0.2, 0.25) is 0 Å². The van der Waals surface area contributed by atoms with E-state index in [1.165, 1.54) is 36.5 Å². The zero-order valence-corrected chi connectivity index (χ0v) is 9.72. The lowest BCUT2D eigenvalue weighted by Crippen LogP contribution is -1.90. The molecule has 0 heterocycles. The molecule has 2 rings (SSSR count). The highest BCUT2D eigenvalue weighted by atomic mass is 16.6. The van der Waals surface area contributed by atoms with Crippen molar-refractivity contribution < 1.29 is 15.1 Å². The molecule has 6 nitrogen and oxygen atoms in total. The number of hydrogen-bond acceptors (Lipinski definition) is 5. The van der Waals surface area contributed by atoms with Gasteiger partial charge in [0.2, 0.25) is 0 Å². The summed E-state index contributed by atoms with van der Waals surface area (Å²) in [5.74, 6) is -0.244. The fourth-order valence-electron chi connectivity index (χ4n) is 1.45. The van der Waals surface area contributed by atoms with Gasteiger partial charge in [-0.15, -0.1) is 0 Å². The van der Waals surface area contributed by atoms with E-state index in [-0.39, 0.29) is 17.2 Å². The van der Waals surface area contributed by atoms with Gasteiger partial charge in [-0.25, -0.2) is 0 Å².